The van der Waals surface area contributed by atoms with Gasteiger partial charge in [-0.05, 0) is 35.7 Å². The van der Waals surface area contributed by atoms with Crippen molar-refractivity contribution in [2.45, 2.75) is 43.8 Å². The summed E-state index contributed by atoms with van der Waals surface area (Å²) in [6, 6.07) is 26.3. The number of fused-ring (bicyclic) bond motifs is 1. The van der Waals surface area contributed by atoms with Crippen molar-refractivity contribution in [1.29, 1.82) is 0 Å². The quantitative estimate of drug-likeness (QED) is 0.557. The van der Waals surface area contributed by atoms with E-state index >= 15 is 0 Å². The number of carbonyl (C=O) groups excluding carboxylic acids is 2. The maximum Gasteiger partial charge on any atom is 0.417 e. The van der Waals surface area contributed by atoms with Gasteiger partial charge < -0.3 is 19.3 Å². The van der Waals surface area contributed by atoms with Crippen molar-refractivity contribution in [2.24, 2.45) is 0 Å². The van der Waals surface area contributed by atoms with Gasteiger partial charge in [-0.1, -0.05) is 72.8 Å². The molecular formula is C28H27NO6. The van der Waals surface area contributed by atoms with Crippen LogP contribution in [0.3, 0.4) is 0 Å². The van der Waals surface area contributed by atoms with Crippen LogP contribution in [0.2, 0.25) is 0 Å². The number of imide groups is 1. The molecule has 2 amide bonds. The first-order chi connectivity index (χ1) is 17.0. The van der Waals surface area contributed by atoms with Crippen molar-refractivity contribution in [3.63, 3.8) is 0 Å². The number of hydrogen-bond donors (Lipinski definition) is 1. The molecule has 1 unspecified atom stereocenters. The van der Waals surface area contributed by atoms with E-state index in [0.717, 1.165) is 16.0 Å². The molecule has 2 aliphatic heterocycles. The highest BCUT2D eigenvalue weighted by molar-refractivity contribution is 5.98. The third-order valence-electron chi connectivity index (χ3n) is 6.73. The van der Waals surface area contributed by atoms with Crippen LogP contribution in [0.1, 0.15) is 29.7 Å². The van der Waals surface area contributed by atoms with Crippen molar-refractivity contribution >= 4 is 12.0 Å². The van der Waals surface area contributed by atoms with E-state index in [1.165, 1.54) is 0 Å². The number of carbonyl (C=O) groups is 2. The third kappa shape index (κ3) is 4.40. The van der Waals surface area contributed by atoms with Crippen LogP contribution < -0.4 is 4.74 Å². The number of rotatable bonds is 7. The Bertz CT molecular complexity index is 1200. The molecule has 0 aromatic heterocycles. The summed E-state index contributed by atoms with van der Waals surface area (Å²) in [4.78, 5) is 27.3. The van der Waals surface area contributed by atoms with Crippen LogP contribution in [-0.2, 0) is 27.3 Å². The summed E-state index contributed by atoms with van der Waals surface area (Å²) in [5, 5.41) is 11.1. The minimum Gasteiger partial charge on any atom is -0.489 e. The Morgan fingerprint density at radius 3 is 2.40 bits per heavy atom. The molecule has 3 aromatic carbocycles. The molecule has 7 heteroatoms. The van der Waals surface area contributed by atoms with Crippen molar-refractivity contribution in [1.82, 2.24) is 4.90 Å². The number of aliphatic hydroxyl groups is 1. The van der Waals surface area contributed by atoms with Crippen molar-refractivity contribution in [3.05, 3.63) is 102 Å². The molecule has 1 N–H and O–H groups in total. The van der Waals surface area contributed by atoms with Crippen LogP contribution in [0.5, 0.6) is 5.75 Å². The van der Waals surface area contributed by atoms with Crippen LogP contribution in [0.4, 0.5) is 4.79 Å². The Labute approximate surface area is 203 Å². The average molecular weight is 474 g/mol. The Hall–Kier alpha value is -3.68. The van der Waals surface area contributed by atoms with E-state index < -0.39 is 35.9 Å². The van der Waals surface area contributed by atoms with Gasteiger partial charge in [-0.3, -0.25) is 4.79 Å². The summed E-state index contributed by atoms with van der Waals surface area (Å²) in [5.41, 5.74) is 1.47. The molecule has 5 rings (SSSR count). The predicted octanol–water partition coefficient (Wildman–Crippen LogP) is 4.05. The van der Waals surface area contributed by atoms with Gasteiger partial charge in [0.1, 0.15) is 30.6 Å². The fourth-order valence-electron chi connectivity index (χ4n) is 4.77. The second kappa shape index (κ2) is 9.52. The molecule has 4 atom stereocenters. The van der Waals surface area contributed by atoms with Crippen LogP contribution in [0.25, 0.3) is 0 Å². The zero-order chi connectivity index (χ0) is 24.4. The van der Waals surface area contributed by atoms with Crippen molar-refractivity contribution < 1.29 is 28.9 Å². The number of ether oxygens (including phenoxy) is 3. The fraction of sp³-hybridized carbons (Fsp3) is 0.286. The van der Waals surface area contributed by atoms with Gasteiger partial charge in [0.15, 0.2) is 6.10 Å². The van der Waals surface area contributed by atoms with Crippen LogP contribution in [-0.4, -0.2) is 46.4 Å². The number of aliphatic hydroxyl groups excluding tert-OH is 1. The molecule has 180 valence electrons. The summed E-state index contributed by atoms with van der Waals surface area (Å²) in [6.45, 7) is 2.22. The van der Waals surface area contributed by atoms with Gasteiger partial charge in [0.25, 0.3) is 5.91 Å². The van der Waals surface area contributed by atoms with Gasteiger partial charge in [0, 0.05) is 6.42 Å². The standard InChI is InChI=1S/C28H27NO6/c1-19-28(16-20-9-4-2-5-10-20)18-34-27(32)29(28)26(31)25(35-19)24(30)22-13-8-14-23(15-22)33-17-21-11-6-3-7-12-21/h2-15,19,24-25,30H,16-18H2,1H3/t19?,24-,25+,28+/m1/s1. The molecule has 2 heterocycles. The Morgan fingerprint density at radius 1 is 1.00 bits per heavy atom. The van der Waals surface area contributed by atoms with E-state index in [1.54, 1.807) is 24.3 Å². The second-order valence-electron chi connectivity index (χ2n) is 8.98. The van der Waals surface area contributed by atoms with E-state index in [0.29, 0.717) is 24.3 Å². The van der Waals surface area contributed by atoms with Gasteiger partial charge in [0.2, 0.25) is 0 Å². The Kier molecular flexibility index (Phi) is 6.28. The minimum absolute atomic E-state index is 0.0409. The first-order valence-corrected chi connectivity index (χ1v) is 11.6. The number of benzene rings is 3. The number of hydrogen-bond acceptors (Lipinski definition) is 6. The van der Waals surface area contributed by atoms with Crippen LogP contribution in [0.15, 0.2) is 84.9 Å². The van der Waals surface area contributed by atoms with Crippen LogP contribution in [0, 0.1) is 0 Å². The fourth-order valence-corrected chi connectivity index (χ4v) is 4.77. The van der Waals surface area contributed by atoms with Gasteiger partial charge in [-0.25, -0.2) is 9.69 Å². The second-order valence-corrected chi connectivity index (χ2v) is 8.98. The number of morpholine rings is 1. The molecule has 3 aromatic rings. The highest BCUT2D eigenvalue weighted by Crippen LogP contribution is 2.40. The predicted molar refractivity (Wildman–Crippen MR) is 128 cm³/mol. The average Bonchev–Trinajstić information content (AvgIpc) is 3.23. The maximum atomic E-state index is 13.5. The highest BCUT2D eigenvalue weighted by Gasteiger charge is 2.61. The van der Waals surface area contributed by atoms with E-state index in [4.69, 9.17) is 14.2 Å². The molecule has 2 fully saturated rings. The van der Waals surface area contributed by atoms with E-state index in [-0.39, 0.29) is 6.61 Å². The van der Waals surface area contributed by atoms with Crippen molar-refractivity contribution in [3.8, 4) is 5.75 Å². The molecule has 0 saturated carbocycles. The number of amides is 2. The van der Waals surface area contributed by atoms with Gasteiger partial charge >= 0.3 is 6.09 Å². The Balaban J connectivity index is 1.36. The summed E-state index contributed by atoms with van der Waals surface area (Å²) in [5.74, 6) is -0.0506. The van der Waals surface area contributed by atoms with Gasteiger partial charge in [-0.2, -0.15) is 0 Å². The van der Waals surface area contributed by atoms with E-state index in [9.17, 15) is 14.7 Å². The van der Waals surface area contributed by atoms with Crippen molar-refractivity contribution in [2.75, 3.05) is 6.61 Å². The number of nitrogens with zero attached hydrogens (tertiary/aromatic N) is 1. The zero-order valence-corrected chi connectivity index (χ0v) is 19.4. The maximum absolute atomic E-state index is 13.5. The molecular weight excluding hydrogens is 446 g/mol. The minimum atomic E-state index is -1.28. The summed E-state index contributed by atoms with van der Waals surface area (Å²) < 4.78 is 17.3. The number of cyclic esters (lactones) is 1. The smallest absolute Gasteiger partial charge is 0.417 e. The van der Waals surface area contributed by atoms with Crippen LogP contribution >= 0.6 is 0 Å². The lowest BCUT2D eigenvalue weighted by atomic mass is 9.83. The molecule has 2 aliphatic rings. The first-order valence-electron chi connectivity index (χ1n) is 11.6. The lowest BCUT2D eigenvalue weighted by Gasteiger charge is -2.46. The molecule has 35 heavy (non-hydrogen) atoms. The monoisotopic (exact) mass is 473 g/mol. The molecule has 7 nitrogen and oxygen atoms in total. The summed E-state index contributed by atoms with van der Waals surface area (Å²) >= 11 is 0. The third-order valence-corrected chi connectivity index (χ3v) is 6.73. The molecule has 0 aliphatic carbocycles. The highest BCUT2D eigenvalue weighted by atomic mass is 16.6. The van der Waals surface area contributed by atoms with Gasteiger partial charge in [0.05, 0.1) is 6.10 Å². The summed E-state index contributed by atoms with van der Waals surface area (Å²) in [6.07, 6.45) is -3.39. The lowest BCUT2D eigenvalue weighted by Crippen LogP contribution is -2.67. The first kappa shape index (κ1) is 23.1. The molecule has 0 spiro atoms. The molecule has 0 bridgehead atoms. The normalized spacial score (nSPS) is 24.6. The molecule has 2 saturated heterocycles. The zero-order valence-electron chi connectivity index (χ0n) is 19.4. The largest absolute Gasteiger partial charge is 0.489 e. The molecule has 0 radical (unpaired) electrons. The van der Waals surface area contributed by atoms with E-state index in [2.05, 4.69) is 0 Å². The lowest BCUT2D eigenvalue weighted by molar-refractivity contribution is -0.188. The summed E-state index contributed by atoms with van der Waals surface area (Å²) in [7, 11) is 0. The Morgan fingerprint density at radius 2 is 1.69 bits per heavy atom. The topological polar surface area (TPSA) is 85.3 Å². The van der Waals surface area contributed by atoms with E-state index in [1.807, 2.05) is 67.6 Å². The SMILES string of the molecule is CC1O[C@@H]([C@H](O)c2cccc(OCc3ccccc3)c2)C(=O)N2C(=O)OC[C@@]12Cc1ccccc1. The van der Waals surface area contributed by atoms with Gasteiger partial charge in [-0.15, -0.1) is 0 Å².